The average molecular weight is 609 g/mol. The van der Waals surface area contributed by atoms with Crippen molar-refractivity contribution >= 4 is 11.8 Å². The summed E-state index contributed by atoms with van der Waals surface area (Å²) in [5, 5.41) is 25.4. The van der Waals surface area contributed by atoms with E-state index in [1.807, 2.05) is 12.1 Å². The average Bonchev–Trinajstić information content (AvgIpc) is 2.99. The van der Waals surface area contributed by atoms with Crippen molar-refractivity contribution in [3.8, 4) is 0 Å². The van der Waals surface area contributed by atoms with Gasteiger partial charge in [-0.3, -0.25) is 4.79 Å². The van der Waals surface area contributed by atoms with Gasteiger partial charge in [-0.1, -0.05) is 31.2 Å². The summed E-state index contributed by atoms with van der Waals surface area (Å²) in [5.41, 5.74) is 9.31. The molecule has 2 amide bonds. The molecule has 236 valence electrons. The Bertz CT molecular complexity index is 1440. The number of carbonyl (C=O) groups is 2. The number of aliphatic hydroxyl groups is 2. The van der Waals surface area contributed by atoms with Gasteiger partial charge in [-0.05, 0) is 78.8 Å². The highest BCUT2D eigenvalue weighted by Crippen LogP contribution is 2.37. The van der Waals surface area contributed by atoms with Gasteiger partial charge in [-0.25, -0.2) is 18.1 Å². The SMILES string of the molecule is CCc1cccc(CNC[C@@H](O)[C@H](Cc2cc(F)cc(F)c2)[N+]2(C(=O)c3cc(C)cc(C(N)=O)c3)CCCCC2CCO)c1. The number of aryl methyl sites for hydroxylation is 2. The normalized spacial score (nSPS) is 19.8. The van der Waals surface area contributed by atoms with E-state index in [-0.39, 0.29) is 47.1 Å². The lowest BCUT2D eigenvalue weighted by Crippen LogP contribution is -2.71. The first kappa shape index (κ1) is 33.4. The van der Waals surface area contributed by atoms with Crippen LogP contribution in [0.3, 0.4) is 0 Å². The van der Waals surface area contributed by atoms with E-state index in [4.69, 9.17) is 5.73 Å². The molecule has 4 rings (SSSR count). The third-order valence-corrected chi connectivity index (χ3v) is 8.90. The number of nitrogens with two attached hydrogens (primary N) is 1. The van der Waals surface area contributed by atoms with Crippen LogP contribution in [0.25, 0.3) is 0 Å². The Morgan fingerprint density at radius 2 is 1.70 bits per heavy atom. The Morgan fingerprint density at radius 1 is 1.00 bits per heavy atom. The number of nitrogens with one attached hydrogen (secondary N) is 1. The van der Waals surface area contributed by atoms with E-state index in [2.05, 4.69) is 24.4 Å². The number of carbonyl (C=O) groups excluding carboxylic acids is 2. The van der Waals surface area contributed by atoms with Crippen molar-refractivity contribution in [2.75, 3.05) is 19.7 Å². The number of amides is 2. The van der Waals surface area contributed by atoms with E-state index < -0.39 is 29.7 Å². The molecule has 7 nitrogen and oxygen atoms in total. The number of primary amides is 1. The molecule has 44 heavy (non-hydrogen) atoms. The number of aliphatic hydroxyl groups excluding tert-OH is 2. The van der Waals surface area contributed by atoms with E-state index in [0.717, 1.165) is 24.5 Å². The van der Waals surface area contributed by atoms with Gasteiger partial charge in [-0.15, -0.1) is 0 Å². The van der Waals surface area contributed by atoms with Crippen molar-refractivity contribution in [1.82, 2.24) is 5.32 Å². The first-order chi connectivity index (χ1) is 21.1. The minimum Gasteiger partial charge on any atom is -0.396 e. The Kier molecular flexibility index (Phi) is 11.4. The summed E-state index contributed by atoms with van der Waals surface area (Å²) in [4.78, 5) is 27.0. The Labute approximate surface area is 258 Å². The third-order valence-electron chi connectivity index (χ3n) is 8.90. The molecule has 1 aliphatic heterocycles. The Morgan fingerprint density at radius 3 is 2.39 bits per heavy atom. The summed E-state index contributed by atoms with van der Waals surface area (Å²) in [7, 11) is 0. The lowest BCUT2D eigenvalue weighted by Gasteiger charge is -2.51. The topological polar surface area (TPSA) is 113 Å². The van der Waals surface area contributed by atoms with E-state index in [1.54, 1.807) is 19.1 Å². The zero-order chi connectivity index (χ0) is 31.9. The molecule has 0 radical (unpaired) electrons. The van der Waals surface area contributed by atoms with Gasteiger partial charge < -0.3 is 21.3 Å². The highest BCUT2D eigenvalue weighted by Gasteiger charge is 2.53. The van der Waals surface area contributed by atoms with Gasteiger partial charge in [0, 0.05) is 50.6 Å². The lowest BCUT2D eigenvalue weighted by molar-refractivity contribution is -0.908. The van der Waals surface area contributed by atoms with Crippen LogP contribution in [0.2, 0.25) is 0 Å². The zero-order valence-electron chi connectivity index (χ0n) is 25.6. The molecular formula is C35H44F2N3O4+. The van der Waals surface area contributed by atoms with Crippen LogP contribution in [-0.2, 0) is 19.4 Å². The smallest absolute Gasteiger partial charge is 0.346 e. The van der Waals surface area contributed by atoms with Crippen LogP contribution >= 0.6 is 0 Å². The Hall–Kier alpha value is -3.50. The molecule has 0 aromatic heterocycles. The van der Waals surface area contributed by atoms with Crippen molar-refractivity contribution in [2.45, 2.75) is 77.1 Å². The minimum atomic E-state index is -1.10. The van der Waals surface area contributed by atoms with Gasteiger partial charge >= 0.3 is 5.91 Å². The predicted molar refractivity (Wildman–Crippen MR) is 166 cm³/mol. The zero-order valence-corrected chi connectivity index (χ0v) is 25.6. The molecule has 0 bridgehead atoms. The lowest BCUT2D eigenvalue weighted by atomic mass is 9.86. The summed E-state index contributed by atoms with van der Waals surface area (Å²) >= 11 is 0. The molecule has 3 aromatic carbocycles. The Balaban J connectivity index is 1.79. The summed E-state index contributed by atoms with van der Waals surface area (Å²) in [6.07, 6.45) is 2.26. The van der Waals surface area contributed by atoms with Gasteiger partial charge in [0.25, 0.3) is 0 Å². The summed E-state index contributed by atoms with van der Waals surface area (Å²) < 4.78 is 28.6. The van der Waals surface area contributed by atoms with E-state index in [0.29, 0.717) is 43.5 Å². The molecule has 5 N–H and O–H groups in total. The third kappa shape index (κ3) is 7.77. The van der Waals surface area contributed by atoms with E-state index >= 15 is 0 Å². The first-order valence-corrected chi connectivity index (χ1v) is 15.4. The molecule has 0 spiro atoms. The number of likely N-dealkylation sites (tertiary alicyclic amines) is 1. The second-order valence-corrected chi connectivity index (χ2v) is 12.0. The number of quaternary nitrogens is 1. The maximum atomic E-state index is 14.8. The van der Waals surface area contributed by atoms with Gasteiger partial charge in [0.15, 0.2) is 0 Å². The fourth-order valence-electron chi connectivity index (χ4n) is 6.87. The summed E-state index contributed by atoms with van der Waals surface area (Å²) in [6, 6.07) is 15.0. The number of piperidine rings is 1. The molecule has 1 saturated heterocycles. The minimum absolute atomic E-state index is 0.0189. The van der Waals surface area contributed by atoms with Crippen LogP contribution in [-0.4, -0.2) is 64.4 Å². The molecule has 4 atom stereocenters. The maximum absolute atomic E-state index is 14.8. The second kappa shape index (κ2) is 15.0. The molecular weight excluding hydrogens is 564 g/mol. The van der Waals surface area contributed by atoms with E-state index in [9.17, 15) is 28.6 Å². The molecule has 1 heterocycles. The number of rotatable bonds is 13. The number of halogens is 2. The van der Waals surface area contributed by atoms with Gasteiger partial charge in [0.2, 0.25) is 5.91 Å². The van der Waals surface area contributed by atoms with Crippen LogP contribution in [0.5, 0.6) is 0 Å². The second-order valence-electron chi connectivity index (χ2n) is 12.0. The van der Waals surface area contributed by atoms with Crippen LogP contribution < -0.4 is 11.1 Å². The van der Waals surface area contributed by atoms with Crippen LogP contribution in [0.15, 0.2) is 60.7 Å². The van der Waals surface area contributed by atoms with Crippen LogP contribution in [0, 0.1) is 18.6 Å². The molecule has 0 aliphatic carbocycles. The highest BCUT2D eigenvalue weighted by atomic mass is 19.1. The monoisotopic (exact) mass is 608 g/mol. The van der Waals surface area contributed by atoms with Crippen molar-refractivity contribution in [2.24, 2.45) is 5.73 Å². The molecule has 0 saturated carbocycles. The number of hydrogen-bond acceptors (Lipinski definition) is 5. The largest absolute Gasteiger partial charge is 0.396 e. The standard InChI is InChI=1S/C35H43F2N3O4/c1-3-24-7-6-8-25(15-24)21-39-22-33(42)32(18-26-16-29(36)20-30(37)17-26)40(11-5-4-9-31(40)10-12-41)35(44)28-14-23(2)13-27(19-28)34(38)43/h6-8,13-17,19-20,31-33,39,41-42H,3-5,9-12,18,21-22H2,1-2H3,(H-,38,43)/p+1/t31?,32-,33+,40?/m0/s1. The van der Waals surface area contributed by atoms with Gasteiger partial charge in [0.1, 0.15) is 23.8 Å². The summed E-state index contributed by atoms with van der Waals surface area (Å²) in [6.45, 7) is 4.66. The fourth-order valence-corrected chi connectivity index (χ4v) is 6.87. The molecule has 1 fully saturated rings. The predicted octanol–water partition coefficient (Wildman–Crippen LogP) is 4.59. The molecule has 1 aliphatic rings. The van der Waals surface area contributed by atoms with Crippen molar-refractivity contribution < 1.29 is 33.1 Å². The van der Waals surface area contributed by atoms with Gasteiger partial charge in [0.05, 0.1) is 18.2 Å². The van der Waals surface area contributed by atoms with Crippen molar-refractivity contribution in [3.63, 3.8) is 0 Å². The number of benzene rings is 3. The first-order valence-electron chi connectivity index (χ1n) is 15.4. The molecule has 3 aromatic rings. The fraction of sp³-hybridized carbons (Fsp3) is 0.429. The van der Waals surface area contributed by atoms with Gasteiger partial charge in [-0.2, -0.15) is 0 Å². The summed E-state index contributed by atoms with van der Waals surface area (Å²) in [5.74, 6) is -2.46. The quantitative estimate of drug-likeness (QED) is 0.212. The molecule has 2 unspecified atom stereocenters. The van der Waals surface area contributed by atoms with Crippen molar-refractivity contribution in [3.05, 3.63) is 106 Å². The van der Waals surface area contributed by atoms with E-state index in [1.165, 1.54) is 23.8 Å². The van der Waals surface area contributed by atoms with Crippen molar-refractivity contribution in [1.29, 1.82) is 0 Å². The van der Waals surface area contributed by atoms with Crippen LogP contribution in [0.1, 0.15) is 75.6 Å². The molecule has 9 heteroatoms. The number of hydrogen-bond donors (Lipinski definition) is 4. The highest BCUT2D eigenvalue weighted by molar-refractivity contribution is 5.97. The maximum Gasteiger partial charge on any atom is 0.346 e. The number of nitrogens with zero attached hydrogens (tertiary/aromatic N) is 1. The van der Waals surface area contributed by atoms with Crippen LogP contribution in [0.4, 0.5) is 8.78 Å².